The highest BCUT2D eigenvalue weighted by Gasteiger charge is 2.35. The molecule has 3 heterocycles. The van der Waals surface area contributed by atoms with Crippen molar-refractivity contribution in [2.75, 3.05) is 13.1 Å². The van der Waals surface area contributed by atoms with Gasteiger partial charge in [0, 0.05) is 30.4 Å². The number of aliphatic hydroxyl groups excluding tert-OH is 1. The minimum absolute atomic E-state index is 0.0106. The Morgan fingerprint density at radius 3 is 2.91 bits per heavy atom. The first kappa shape index (κ1) is 14.7. The number of aliphatic hydroxyl groups is 1. The van der Waals surface area contributed by atoms with E-state index in [1.807, 2.05) is 32.0 Å². The van der Waals surface area contributed by atoms with Crippen molar-refractivity contribution < 1.29 is 9.90 Å². The van der Waals surface area contributed by atoms with Crippen LogP contribution in [0.4, 0.5) is 0 Å². The zero-order valence-electron chi connectivity index (χ0n) is 12.8. The average molecular weight is 300 g/mol. The molecule has 1 aliphatic heterocycles. The van der Waals surface area contributed by atoms with Crippen LogP contribution < -0.4 is 0 Å². The van der Waals surface area contributed by atoms with E-state index in [-0.39, 0.29) is 11.8 Å². The number of nitrogens with zero attached hydrogens (tertiary/aromatic N) is 3. The molecule has 6 nitrogen and oxygen atoms in total. The zero-order chi connectivity index (χ0) is 15.7. The molecule has 0 aliphatic carbocycles. The van der Waals surface area contributed by atoms with Gasteiger partial charge in [-0.3, -0.25) is 9.89 Å². The number of aromatic amines is 1. The minimum Gasteiger partial charge on any atom is -0.391 e. The van der Waals surface area contributed by atoms with E-state index < -0.39 is 6.10 Å². The number of likely N-dealkylation sites (tertiary alicyclic amines) is 1. The maximum Gasteiger partial charge on any atom is 0.272 e. The maximum atomic E-state index is 12.5. The average Bonchev–Trinajstić information content (AvgIpc) is 3.05. The van der Waals surface area contributed by atoms with Crippen molar-refractivity contribution >= 4 is 5.91 Å². The Hall–Kier alpha value is -2.21. The number of aromatic nitrogens is 3. The Balaban J connectivity index is 1.68. The number of carbonyl (C=O) groups is 1. The normalized spacial score (nSPS) is 21.3. The van der Waals surface area contributed by atoms with Crippen LogP contribution in [0.25, 0.3) is 0 Å². The third kappa shape index (κ3) is 3.01. The number of β-amino-alcohol motifs (C(OH)–C–C–N with tert-alkyl or cyclic N) is 1. The van der Waals surface area contributed by atoms with Crippen molar-refractivity contribution in [2.24, 2.45) is 5.92 Å². The predicted molar refractivity (Wildman–Crippen MR) is 81.4 cm³/mol. The summed E-state index contributed by atoms with van der Waals surface area (Å²) >= 11 is 0. The maximum absolute atomic E-state index is 12.5. The van der Waals surface area contributed by atoms with Gasteiger partial charge in [-0.2, -0.15) is 5.10 Å². The second-order valence-electron chi connectivity index (χ2n) is 5.95. The molecule has 6 heteroatoms. The number of amides is 1. The Labute approximate surface area is 129 Å². The van der Waals surface area contributed by atoms with Crippen molar-refractivity contribution in [2.45, 2.75) is 26.4 Å². The van der Waals surface area contributed by atoms with E-state index in [1.54, 1.807) is 11.0 Å². The molecular weight excluding hydrogens is 280 g/mol. The highest BCUT2D eigenvalue weighted by atomic mass is 16.3. The summed E-state index contributed by atoms with van der Waals surface area (Å²) in [5, 5.41) is 17.3. The number of H-pyrrole nitrogens is 1. The lowest BCUT2D eigenvalue weighted by Gasteiger charge is -2.15. The van der Waals surface area contributed by atoms with Crippen molar-refractivity contribution in [3.8, 4) is 0 Å². The first-order chi connectivity index (χ1) is 10.5. The molecule has 1 saturated heterocycles. The lowest BCUT2D eigenvalue weighted by molar-refractivity contribution is 0.0758. The first-order valence-electron chi connectivity index (χ1n) is 7.45. The van der Waals surface area contributed by atoms with Crippen molar-refractivity contribution in [1.82, 2.24) is 20.1 Å². The van der Waals surface area contributed by atoms with Gasteiger partial charge >= 0.3 is 0 Å². The summed E-state index contributed by atoms with van der Waals surface area (Å²) in [7, 11) is 0. The van der Waals surface area contributed by atoms with E-state index in [0.717, 1.165) is 17.1 Å². The fraction of sp³-hybridized carbons (Fsp3) is 0.438. The third-order valence-electron chi connectivity index (χ3n) is 4.03. The van der Waals surface area contributed by atoms with Crippen molar-refractivity contribution in [3.05, 3.63) is 47.0 Å². The van der Waals surface area contributed by atoms with E-state index >= 15 is 0 Å². The molecule has 0 aromatic carbocycles. The van der Waals surface area contributed by atoms with Gasteiger partial charge in [0.2, 0.25) is 0 Å². The van der Waals surface area contributed by atoms with Gasteiger partial charge in [-0.05, 0) is 38.5 Å². The number of aryl methyl sites for hydroxylation is 2. The van der Waals surface area contributed by atoms with Crippen LogP contribution in [0.3, 0.4) is 0 Å². The van der Waals surface area contributed by atoms with Gasteiger partial charge in [0.15, 0.2) is 0 Å². The van der Waals surface area contributed by atoms with Crippen LogP contribution in [-0.2, 0) is 6.42 Å². The van der Waals surface area contributed by atoms with Gasteiger partial charge in [0.1, 0.15) is 5.69 Å². The Morgan fingerprint density at radius 2 is 2.23 bits per heavy atom. The standard InChI is InChI=1S/C16H20N4O2/c1-10-4-3-5-14(17-10)16(22)20-8-12(15(21)9-20)7-13-6-11(2)18-19-13/h3-6,12,15,21H,7-9H2,1-2H3,(H,18,19). The summed E-state index contributed by atoms with van der Waals surface area (Å²) in [6, 6.07) is 7.37. The number of nitrogens with one attached hydrogen (secondary N) is 1. The molecule has 2 unspecified atom stereocenters. The molecule has 22 heavy (non-hydrogen) atoms. The van der Waals surface area contributed by atoms with Gasteiger partial charge in [-0.15, -0.1) is 0 Å². The van der Waals surface area contributed by atoms with Gasteiger partial charge < -0.3 is 10.0 Å². The Bertz CT molecular complexity index is 682. The molecule has 2 aromatic heterocycles. The fourth-order valence-corrected chi connectivity index (χ4v) is 2.89. The molecule has 2 N–H and O–H groups in total. The molecule has 0 bridgehead atoms. The number of hydrogen-bond acceptors (Lipinski definition) is 4. The van der Waals surface area contributed by atoms with Crippen molar-refractivity contribution in [1.29, 1.82) is 0 Å². The Morgan fingerprint density at radius 1 is 1.41 bits per heavy atom. The third-order valence-corrected chi connectivity index (χ3v) is 4.03. The predicted octanol–water partition coefficient (Wildman–Crippen LogP) is 1.10. The van der Waals surface area contributed by atoms with Gasteiger partial charge in [-0.1, -0.05) is 6.07 Å². The topological polar surface area (TPSA) is 82.1 Å². The molecule has 1 fully saturated rings. The monoisotopic (exact) mass is 300 g/mol. The summed E-state index contributed by atoms with van der Waals surface area (Å²) < 4.78 is 0. The van der Waals surface area contributed by atoms with Gasteiger partial charge in [0.05, 0.1) is 11.8 Å². The molecule has 3 rings (SSSR count). The van der Waals surface area contributed by atoms with Crippen LogP contribution >= 0.6 is 0 Å². The molecule has 2 aromatic rings. The largest absolute Gasteiger partial charge is 0.391 e. The van der Waals surface area contributed by atoms with Crippen LogP contribution in [-0.4, -0.2) is 50.3 Å². The number of rotatable bonds is 3. The zero-order valence-corrected chi connectivity index (χ0v) is 12.8. The highest BCUT2D eigenvalue weighted by Crippen LogP contribution is 2.22. The molecular formula is C16H20N4O2. The number of carbonyl (C=O) groups excluding carboxylic acids is 1. The van der Waals surface area contributed by atoms with E-state index in [0.29, 0.717) is 25.2 Å². The summed E-state index contributed by atoms with van der Waals surface area (Å²) in [4.78, 5) is 18.4. The number of hydrogen-bond donors (Lipinski definition) is 2. The summed E-state index contributed by atoms with van der Waals surface area (Å²) in [6.45, 7) is 4.68. The lowest BCUT2D eigenvalue weighted by atomic mass is 10.0. The van der Waals surface area contributed by atoms with E-state index in [1.165, 1.54) is 0 Å². The van der Waals surface area contributed by atoms with Crippen molar-refractivity contribution in [3.63, 3.8) is 0 Å². The minimum atomic E-state index is -0.522. The van der Waals surface area contributed by atoms with Crippen LogP contribution in [0.15, 0.2) is 24.3 Å². The lowest BCUT2D eigenvalue weighted by Crippen LogP contribution is -2.30. The fourth-order valence-electron chi connectivity index (χ4n) is 2.89. The molecule has 1 amide bonds. The van der Waals surface area contributed by atoms with Gasteiger partial charge in [0.25, 0.3) is 5.91 Å². The van der Waals surface area contributed by atoms with E-state index in [4.69, 9.17) is 0 Å². The first-order valence-corrected chi connectivity index (χ1v) is 7.45. The quantitative estimate of drug-likeness (QED) is 0.889. The highest BCUT2D eigenvalue weighted by molar-refractivity contribution is 5.92. The smallest absolute Gasteiger partial charge is 0.272 e. The van der Waals surface area contributed by atoms with Crippen LogP contribution in [0, 0.1) is 19.8 Å². The second kappa shape index (κ2) is 5.88. The number of pyridine rings is 1. The van der Waals surface area contributed by atoms with E-state index in [2.05, 4.69) is 15.2 Å². The summed E-state index contributed by atoms with van der Waals surface area (Å²) in [5.74, 6) is -0.111. The second-order valence-corrected chi connectivity index (χ2v) is 5.95. The molecule has 116 valence electrons. The Kier molecular flexibility index (Phi) is 3.94. The van der Waals surface area contributed by atoms with Crippen LogP contribution in [0.2, 0.25) is 0 Å². The molecule has 0 spiro atoms. The van der Waals surface area contributed by atoms with E-state index in [9.17, 15) is 9.90 Å². The van der Waals surface area contributed by atoms with Crippen LogP contribution in [0.1, 0.15) is 27.6 Å². The molecule has 2 atom stereocenters. The molecule has 0 saturated carbocycles. The van der Waals surface area contributed by atoms with Gasteiger partial charge in [-0.25, -0.2) is 4.98 Å². The molecule has 1 aliphatic rings. The van der Waals surface area contributed by atoms with Crippen LogP contribution in [0.5, 0.6) is 0 Å². The SMILES string of the molecule is Cc1cccc(C(=O)N2CC(O)C(Cc3cc(C)[nH]n3)C2)n1. The summed E-state index contributed by atoms with van der Waals surface area (Å²) in [6.07, 6.45) is 0.141. The molecule has 0 radical (unpaired) electrons. The summed E-state index contributed by atoms with van der Waals surface area (Å²) in [5.41, 5.74) is 3.17.